The Hall–Kier alpha value is -1.22. The Balaban J connectivity index is 1.79. The van der Waals surface area contributed by atoms with Gasteiger partial charge in [-0.2, -0.15) is 0 Å². The fourth-order valence-corrected chi connectivity index (χ4v) is 2.39. The number of rotatable bonds is 3. The number of methoxy groups -OCH3 is 1. The molecule has 0 bridgehead atoms. The summed E-state index contributed by atoms with van der Waals surface area (Å²) >= 11 is 0. The van der Waals surface area contributed by atoms with Crippen LogP contribution in [0.2, 0.25) is 0 Å². The van der Waals surface area contributed by atoms with Crippen molar-refractivity contribution < 1.29 is 4.74 Å². The normalized spacial score (nSPS) is 23.4. The van der Waals surface area contributed by atoms with E-state index in [1.807, 2.05) is 12.1 Å². The van der Waals surface area contributed by atoms with Crippen LogP contribution in [0.5, 0.6) is 5.75 Å². The maximum Gasteiger partial charge on any atom is 0.124 e. The third kappa shape index (κ3) is 1.87. The summed E-state index contributed by atoms with van der Waals surface area (Å²) in [6.07, 6.45) is 3.76. The Bertz CT molecular complexity index is 373. The van der Waals surface area contributed by atoms with Crippen molar-refractivity contribution in [2.75, 3.05) is 19.0 Å². The van der Waals surface area contributed by atoms with Crippen molar-refractivity contribution in [3.05, 3.63) is 23.8 Å². The van der Waals surface area contributed by atoms with Gasteiger partial charge in [-0.3, -0.25) is 0 Å². The van der Waals surface area contributed by atoms with E-state index in [1.54, 1.807) is 7.11 Å². The van der Waals surface area contributed by atoms with Crippen molar-refractivity contribution in [1.29, 1.82) is 0 Å². The zero-order valence-electron chi connectivity index (χ0n) is 9.62. The van der Waals surface area contributed by atoms with Gasteiger partial charge in [0.25, 0.3) is 0 Å². The maximum absolute atomic E-state index is 5.41. The van der Waals surface area contributed by atoms with Gasteiger partial charge in [0.15, 0.2) is 0 Å². The molecule has 1 saturated carbocycles. The highest BCUT2D eigenvalue weighted by Crippen LogP contribution is 2.31. The van der Waals surface area contributed by atoms with E-state index < -0.39 is 0 Å². The second kappa shape index (κ2) is 3.98. The van der Waals surface area contributed by atoms with Crippen LogP contribution in [0.25, 0.3) is 0 Å². The summed E-state index contributed by atoms with van der Waals surface area (Å²) in [6.45, 7) is 1.02. The number of benzene rings is 1. The molecule has 1 heterocycles. The van der Waals surface area contributed by atoms with Crippen molar-refractivity contribution in [3.63, 3.8) is 0 Å². The van der Waals surface area contributed by atoms with E-state index in [-0.39, 0.29) is 0 Å². The van der Waals surface area contributed by atoms with Crippen LogP contribution in [0.15, 0.2) is 18.2 Å². The van der Waals surface area contributed by atoms with Crippen molar-refractivity contribution in [2.24, 2.45) is 0 Å². The zero-order valence-corrected chi connectivity index (χ0v) is 9.62. The predicted molar refractivity (Wildman–Crippen MR) is 65.1 cm³/mol. The average Bonchev–Trinajstić information content (AvgIpc) is 3.12. The molecule has 1 aromatic rings. The Morgan fingerprint density at radius 3 is 2.94 bits per heavy atom. The molecule has 0 saturated heterocycles. The van der Waals surface area contributed by atoms with Gasteiger partial charge in [-0.1, -0.05) is 6.07 Å². The van der Waals surface area contributed by atoms with Crippen molar-refractivity contribution in [2.45, 2.75) is 31.3 Å². The highest BCUT2D eigenvalue weighted by molar-refractivity contribution is 5.59. The molecule has 3 rings (SSSR count). The Labute approximate surface area is 96.2 Å². The van der Waals surface area contributed by atoms with Gasteiger partial charge in [-0.05, 0) is 31.4 Å². The standard InChI is InChI=1S/C13H18N2O/c1-16-13-4-2-3-12-11(13)7-10(8-14-12)15-9-5-6-9/h2-4,9-10,14-15H,5-8H2,1H3. The van der Waals surface area contributed by atoms with Gasteiger partial charge in [0.1, 0.15) is 5.75 Å². The molecule has 86 valence electrons. The molecule has 16 heavy (non-hydrogen) atoms. The summed E-state index contributed by atoms with van der Waals surface area (Å²) in [7, 11) is 1.74. The van der Waals surface area contributed by atoms with E-state index in [9.17, 15) is 0 Å². The van der Waals surface area contributed by atoms with Gasteiger partial charge in [0, 0.05) is 29.9 Å². The van der Waals surface area contributed by atoms with Crippen molar-refractivity contribution in [1.82, 2.24) is 5.32 Å². The fraction of sp³-hybridized carbons (Fsp3) is 0.538. The molecule has 0 amide bonds. The van der Waals surface area contributed by atoms with E-state index in [0.29, 0.717) is 6.04 Å². The number of hydrogen-bond donors (Lipinski definition) is 2. The van der Waals surface area contributed by atoms with Gasteiger partial charge in [-0.25, -0.2) is 0 Å². The lowest BCUT2D eigenvalue weighted by Gasteiger charge is -2.28. The second-order valence-corrected chi connectivity index (χ2v) is 4.71. The lowest BCUT2D eigenvalue weighted by molar-refractivity contribution is 0.403. The van der Waals surface area contributed by atoms with Crippen LogP contribution in [0.3, 0.4) is 0 Å². The lowest BCUT2D eigenvalue weighted by atomic mass is 9.98. The van der Waals surface area contributed by atoms with E-state index >= 15 is 0 Å². The van der Waals surface area contributed by atoms with E-state index in [0.717, 1.165) is 24.8 Å². The number of anilines is 1. The molecule has 1 aromatic carbocycles. The summed E-state index contributed by atoms with van der Waals surface area (Å²) in [5, 5.41) is 7.14. The third-order valence-electron chi connectivity index (χ3n) is 3.39. The minimum Gasteiger partial charge on any atom is -0.496 e. The molecular formula is C13H18N2O. The highest BCUT2D eigenvalue weighted by Gasteiger charge is 2.27. The summed E-state index contributed by atoms with van der Waals surface area (Å²) in [6, 6.07) is 7.53. The van der Waals surface area contributed by atoms with Gasteiger partial charge in [-0.15, -0.1) is 0 Å². The highest BCUT2D eigenvalue weighted by atomic mass is 16.5. The summed E-state index contributed by atoms with van der Waals surface area (Å²) < 4.78 is 5.41. The minimum absolute atomic E-state index is 0.552. The van der Waals surface area contributed by atoms with Gasteiger partial charge in [0.2, 0.25) is 0 Å². The first-order chi connectivity index (χ1) is 7.86. The molecule has 0 radical (unpaired) electrons. The van der Waals surface area contributed by atoms with Gasteiger partial charge < -0.3 is 15.4 Å². The molecule has 1 unspecified atom stereocenters. The topological polar surface area (TPSA) is 33.3 Å². The molecule has 3 nitrogen and oxygen atoms in total. The monoisotopic (exact) mass is 218 g/mol. The first kappa shape index (κ1) is 9.97. The molecule has 3 heteroatoms. The Kier molecular flexibility index (Phi) is 2.48. The summed E-state index contributed by atoms with van der Waals surface area (Å²) in [4.78, 5) is 0. The van der Waals surface area contributed by atoms with Crippen LogP contribution in [0.4, 0.5) is 5.69 Å². The molecule has 2 aliphatic rings. The van der Waals surface area contributed by atoms with Crippen molar-refractivity contribution in [3.8, 4) is 5.75 Å². The first-order valence-corrected chi connectivity index (χ1v) is 6.02. The minimum atomic E-state index is 0.552. The molecule has 1 fully saturated rings. The van der Waals surface area contributed by atoms with E-state index in [1.165, 1.54) is 24.1 Å². The van der Waals surface area contributed by atoms with Crippen LogP contribution >= 0.6 is 0 Å². The van der Waals surface area contributed by atoms with Crippen molar-refractivity contribution >= 4 is 5.69 Å². The first-order valence-electron chi connectivity index (χ1n) is 6.02. The second-order valence-electron chi connectivity index (χ2n) is 4.71. The summed E-state index contributed by atoms with van der Waals surface area (Å²) in [5.41, 5.74) is 2.54. The quantitative estimate of drug-likeness (QED) is 0.811. The molecule has 1 aliphatic heterocycles. The van der Waals surface area contributed by atoms with Gasteiger partial charge in [0.05, 0.1) is 7.11 Å². The molecule has 0 aromatic heterocycles. The molecule has 1 aliphatic carbocycles. The number of hydrogen-bond acceptors (Lipinski definition) is 3. The van der Waals surface area contributed by atoms with Crippen LogP contribution in [-0.2, 0) is 6.42 Å². The number of nitrogens with one attached hydrogen (secondary N) is 2. The molecule has 0 spiro atoms. The number of fused-ring (bicyclic) bond motifs is 1. The van der Waals surface area contributed by atoms with Crippen LogP contribution in [0.1, 0.15) is 18.4 Å². The largest absolute Gasteiger partial charge is 0.496 e. The Morgan fingerprint density at radius 2 is 2.19 bits per heavy atom. The van der Waals surface area contributed by atoms with Crippen LogP contribution < -0.4 is 15.4 Å². The third-order valence-corrected chi connectivity index (χ3v) is 3.39. The van der Waals surface area contributed by atoms with Crippen LogP contribution in [0, 0.1) is 0 Å². The molecular weight excluding hydrogens is 200 g/mol. The average molecular weight is 218 g/mol. The van der Waals surface area contributed by atoms with Gasteiger partial charge >= 0.3 is 0 Å². The predicted octanol–water partition coefficient (Wildman–Crippen LogP) is 1.78. The maximum atomic E-state index is 5.41. The van der Waals surface area contributed by atoms with E-state index in [4.69, 9.17) is 4.74 Å². The molecule has 1 atom stereocenters. The molecule has 2 N–H and O–H groups in total. The smallest absolute Gasteiger partial charge is 0.124 e. The Morgan fingerprint density at radius 1 is 1.31 bits per heavy atom. The van der Waals surface area contributed by atoms with Crippen LogP contribution in [-0.4, -0.2) is 25.7 Å². The number of ether oxygens (including phenoxy) is 1. The zero-order chi connectivity index (χ0) is 11.0. The summed E-state index contributed by atoms with van der Waals surface area (Å²) in [5.74, 6) is 1.01. The lowest BCUT2D eigenvalue weighted by Crippen LogP contribution is -2.41. The van der Waals surface area contributed by atoms with E-state index in [2.05, 4.69) is 16.7 Å². The SMILES string of the molecule is COc1cccc2c1CC(NC1CC1)CN2. The fourth-order valence-electron chi connectivity index (χ4n) is 2.39.